The van der Waals surface area contributed by atoms with Gasteiger partial charge >= 0.3 is 0 Å². The summed E-state index contributed by atoms with van der Waals surface area (Å²) in [7, 11) is 0. The van der Waals surface area contributed by atoms with Crippen LogP contribution in [-0.2, 0) is 24.2 Å². The van der Waals surface area contributed by atoms with Crippen LogP contribution in [0.25, 0.3) is 10.2 Å². The van der Waals surface area contributed by atoms with Gasteiger partial charge in [0.25, 0.3) is 5.56 Å². The highest BCUT2D eigenvalue weighted by Crippen LogP contribution is 2.36. The molecule has 0 saturated carbocycles. The lowest BCUT2D eigenvalue weighted by Gasteiger charge is -2.17. The van der Waals surface area contributed by atoms with E-state index < -0.39 is 17.5 Å². The lowest BCUT2D eigenvalue weighted by Crippen LogP contribution is -2.24. The largest absolute Gasteiger partial charge is 0.323 e. The maximum Gasteiger partial charge on any atom is 0.263 e. The minimum absolute atomic E-state index is 0.0734. The van der Waals surface area contributed by atoms with E-state index in [2.05, 4.69) is 17.2 Å². The fraction of sp³-hybridized carbons (Fsp3) is 0.381. The first-order chi connectivity index (χ1) is 14.4. The number of rotatable bonds is 5. The summed E-state index contributed by atoms with van der Waals surface area (Å²) in [5, 5.41) is 3.53. The van der Waals surface area contributed by atoms with Crippen LogP contribution in [0.5, 0.6) is 0 Å². The van der Waals surface area contributed by atoms with E-state index in [4.69, 9.17) is 0 Å². The summed E-state index contributed by atoms with van der Waals surface area (Å²) in [6.07, 6.45) is 2.93. The van der Waals surface area contributed by atoms with Gasteiger partial charge in [-0.05, 0) is 49.8 Å². The maximum absolute atomic E-state index is 13.7. The van der Waals surface area contributed by atoms with Crippen LogP contribution >= 0.6 is 23.1 Å². The van der Waals surface area contributed by atoms with Crippen LogP contribution in [0.4, 0.5) is 14.5 Å². The third kappa shape index (κ3) is 4.00. The Morgan fingerprint density at radius 2 is 2.20 bits per heavy atom. The number of thioether (sulfide) groups is 1. The minimum Gasteiger partial charge on any atom is -0.323 e. The van der Waals surface area contributed by atoms with Crippen molar-refractivity contribution in [3.63, 3.8) is 0 Å². The van der Waals surface area contributed by atoms with Crippen molar-refractivity contribution in [2.45, 2.75) is 44.8 Å². The van der Waals surface area contributed by atoms with E-state index in [0.717, 1.165) is 54.8 Å². The molecule has 1 N–H and O–H groups in total. The van der Waals surface area contributed by atoms with Crippen molar-refractivity contribution in [1.82, 2.24) is 9.55 Å². The summed E-state index contributed by atoms with van der Waals surface area (Å²) < 4.78 is 28.6. The molecule has 1 aromatic carbocycles. The number of benzene rings is 1. The van der Waals surface area contributed by atoms with Gasteiger partial charge in [-0.1, -0.05) is 18.7 Å². The van der Waals surface area contributed by atoms with Crippen LogP contribution in [0.2, 0.25) is 0 Å². The minimum atomic E-state index is -0.710. The third-order valence-corrected chi connectivity index (χ3v) is 7.36. The van der Waals surface area contributed by atoms with Crippen molar-refractivity contribution < 1.29 is 13.6 Å². The van der Waals surface area contributed by atoms with Gasteiger partial charge in [0, 0.05) is 17.5 Å². The van der Waals surface area contributed by atoms with Gasteiger partial charge in [0.15, 0.2) is 5.16 Å². The molecule has 1 unspecified atom stereocenters. The van der Waals surface area contributed by atoms with E-state index in [1.165, 1.54) is 4.88 Å². The summed E-state index contributed by atoms with van der Waals surface area (Å²) in [6.45, 7) is 4.51. The normalized spacial score (nSPS) is 15.9. The van der Waals surface area contributed by atoms with Crippen molar-refractivity contribution in [2.75, 3.05) is 11.1 Å². The smallest absolute Gasteiger partial charge is 0.263 e. The molecule has 3 aromatic rings. The zero-order chi connectivity index (χ0) is 21.4. The van der Waals surface area contributed by atoms with Crippen LogP contribution in [0.15, 0.2) is 28.2 Å². The molecule has 1 amide bonds. The number of hydrogen-bond donors (Lipinski definition) is 1. The third-order valence-electron chi connectivity index (χ3n) is 5.23. The number of aryl methyl sites for hydroxylation is 1. The molecular weight excluding hydrogens is 428 g/mol. The molecule has 0 fully saturated rings. The summed E-state index contributed by atoms with van der Waals surface area (Å²) in [4.78, 5) is 32.0. The first-order valence-corrected chi connectivity index (χ1v) is 11.6. The Kier molecular flexibility index (Phi) is 5.92. The highest BCUT2D eigenvalue weighted by atomic mass is 32.2. The fourth-order valence-corrected chi connectivity index (χ4v) is 5.99. The highest BCUT2D eigenvalue weighted by molar-refractivity contribution is 7.99. The first kappa shape index (κ1) is 21.0. The maximum atomic E-state index is 13.7. The van der Waals surface area contributed by atoms with Gasteiger partial charge in [0.2, 0.25) is 5.91 Å². The molecule has 0 bridgehead atoms. The second-order valence-corrected chi connectivity index (χ2v) is 9.46. The van der Waals surface area contributed by atoms with E-state index in [9.17, 15) is 18.4 Å². The SMILES string of the molecule is CCn1c(SCC(=O)Nc2cc(F)ccc2F)nc2sc3c(c2c1=O)CCC(C)C3. The van der Waals surface area contributed by atoms with Gasteiger partial charge in [-0.15, -0.1) is 11.3 Å². The van der Waals surface area contributed by atoms with E-state index in [1.807, 2.05) is 6.92 Å². The first-order valence-electron chi connectivity index (χ1n) is 9.80. The van der Waals surface area contributed by atoms with E-state index >= 15 is 0 Å². The van der Waals surface area contributed by atoms with Crippen molar-refractivity contribution in [3.05, 3.63) is 50.6 Å². The number of hydrogen-bond acceptors (Lipinski definition) is 5. The Morgan fingerprint density at radius 1 is 1.40 bits per heavy atom. The van der Waals surface area contributed by atoms with Crippen molar-refractivity contribution >= 4 is 44.9 Å². The number of nitrogens with zero attached hydrogens (tertiary/aromatic N) is 2. The summed E-state index contributed by atoms with van der Waals surface area (Å²) in [5.41, 5.74) is 0.842. The average Bonchev–Trinajstić information content (AvgIpc) is 3.06. The molecule has 5 nitrogen and oxygen atoms in total. The topological polar surface area (TPSA) is 64.0 Å². The number of carbonyl (C=O) groups excluding carboxylic acids is 1. The van der Waals surface area contributed by atoms with Gasteiger partial charge in [-0.25, -0.2) is 13.8 Å². The molecule has 0 aliphatic heterocycles. The lowest BCUT2D eigenvalue weighted by atomic mass is 9.89. The molecule has 1 aliphatic rings. The standard InChI is InChI=1S/C21H21F2N3O2S2/c1-3-26-20(28)18-13-6-4-11(2)8-16(13)30-19(18)25-21(26)29-10-17(27)24-15-9-12(22)5-7-14(15)23/h5,7,9,11H,3-4,6,8,10H2,1-2H3,(H,24,27). The van der Waals surface area contributed by atoms with E-state index in [-0.39, 0.29) is 17.0 Å². The average molecular weight is 450 g/mol. The molecule has 0 radical (unpaired) electrons. The van der Waals surface area contributed by atoms with Crippen LogP contribution < -0.4 is 10.9 Å². The number of aromatic nitrogens is 2. The number of thiophene rings is 1. The molecule has 9 heteroatoms. The predicted octanol–water partition coefficient (Wildman–Crippen LogP) is 4.61. The van der Waals surface area contributed by atoms with Gasteiger partial charge in [-0.2, -0.15) is 0 Å². The van der Waals surface area contributed by atoms with Gasteiger partial charge in [-0.3, -0.25) is 14.2 Å². The molecule has 1 aliphatic carbocycles. The molecule has 30 heavy (non-hydrogen) atoms. The second-order valence-electron chi connectivity index (χ2n) is 7.44. The van der Waals surface area contributed by atoms with Crippen molar-refractivity contribution in [1.29, 1.82) is 0 Å². The monoisotopic (exact) mass is 449 g/mol. The number of amides is 1. The number of anilines is 1. The van der Waals surface area contributed by atoms with Crippen LogP contribution in [0.3, 0.4) is 0 Å². The van der Waals surface area contributed by atoms with Gasteiger partial charge in [0.1, 0.15) is 16.5 Å². The zero-order valence-electron chi connectivity index (χ0n) is 16.6. The summed E-state index contributed by atoms with van der Waals surface area (Å²) in [5.74, 6) is -1.32. The molecule has 1 atom stereocenters. The van der Waals surface area contributed by atoms with Crippen LogP contribution in [0, 0.1) is 17.6 Å². The number of carbonyl (C=O) groups is 1. The Hall–Kier alpha value is -2.26. The quantitative estimate of drug-likeness (QED) is 0.456. The summed E-state index contributed by atoms with van der Waals surface area (Å²) >= 11 is 2.68. The predicted molar refractivity (Wildman–Crippen MR) is 116 cm³/mol. The molecular formula is C21H21F2N3O2S2. The van der Waals surface area contributed by atoms with Crippen molar-refractivity contribution in [3.8, 4) is 0 Å². The van der Waals surface area contributed by atoms with Gasteiger partial charge in [0.05, 0.1) is 16.8 Å². The van der Waals surface area contributed by atoms with E-state index in [1.54, 1.807) is 15.9 Å². The lowest BCUT2D eigenvalue weighted by molar-refractivity contribution is -0.113. The summed E-state index contributed by atoms with van der Waals surface area (Å²) in [6, 6.07) is 2.88. The number of fused-ring (bicyclic) bond motifs is 3. The number of halogens is 2. The van der Waals surface area contributed by atoms with Gasteiger partial charge < -0.3 is 5.32 Å². The molecule has 2 heterocycles. The molecule has 4 rings (SSSR count). The fourth-order valence-electron chi connectivity index (χ4n) is 3.70. The zero-order valence-corrected chi connectivity index (χ0v) is 18.3. The molecule has 0 spiro atoms. The Labute approximate surface area is 180 Å². The van der Waals surface area contributed by atoms with Crippen LogP contribution in [-0.4, -0.2) is 21.2 Å². The highest BCUT2D eigenvalue weighted by Gasteiger charge is 2.24. The second kappa shape index (κ2) is 8.47. The molecule has 0 saturated heterocycles. The van der Waals surface area contributed by atoms with E-state index in [0.29, 0.717) is 27.8 Å². The van der Waals surface area contributed by atoms with Crippen molar-refractivity contribution in [2.24, 2.45) is 5.92 Å². The Morgan fingerprint density at radius 3 is 2.97 bits per heavy atom. The molecule has 2 aromatic heterocycles. The Bertz CT molecular complexity index is 1190. The van der Waals surface area contributed by atoms with Crippen LogP contribution in [0.1, 0.15) is 30.7 Å². The Balaban J connectivity index is 1.59. The molecule has 158 valence electrons. The number of nitrogens with one attached hydrogen (secondary N) is 1.